The number of aryl methyl sites for hydroxylation is 1. The Morgan fingerprint density at radius 3 is 2.86 bits per heavy atom. The average Bonchev–Trinajstić information content (AvgIpc) is 2.80. The normalized spacial score (nSPS) is 12.8. The molecule has 0 bridgehead atoms. The van der Waals surface area contributed by atoms with Gasteiger partial charge in [-0.05, 0) is 27.4 Å². The molecule has 114 valence electrons. The van der Waals surface area contributed by atoms with Crippen LogP contribution in [0.3, 0.4) is 0 Å². The van der Waals surface area contributed by atoms with Crippen LogP contribution >= 0.6 is 11.3 Å². The molecule has 2 aromatic heterocycles. The number of hydrogen-bond donors (Lipinski definition) is 1. The quantitative estimate of drug-likeness (QED) is 0.899. The van der Waals surface area contributed by atoms with E-state index in [-0.39, 0.29) is 23.1 Å². The zero-order valence-corrected chi connectivity index (χ0v) is 13.5. The van der Waals surface area contributed by atoms with Crippen molar-refractivity contribution in [2.45, 2.75) is 26.3 Å². The maximum absolute atomic E-state index is 12.3. The maximum Gasteiger partial charge on any atom is 0.271 e. The molecule has 1 N–H and O–H groups in total. The molecule has 1 amide bonds. The molecule has 0 aromatic carbocycles. The number of carbonyl (C=O) groups excluding carboxylic acids is 1. The van der Waals surface area contributed by atoms with E-state index in [1.54, 1.807) is 6.20 Å². The van der Waals surface area contributed by atoms with Gasteiger partial charge in [0.2, 0.25) is 0 Å². The van der Waals surface area contributed by atoms with Crippen molar-refractivity contribution in [2.24, 2.45) is 0 Å². The molecule has 2 heterocycles. The van der Waals surface area contributed by atoms with Crippen LogP contribution in [0.5, 0.6) is 0 Å². The van der Waals surface area contributed by atoms with Crippen molar-refractivity contribution in [1.82, 2.24) is 19.6 Å². The lowest BCUT2D eigenvalue weighted by Crippen LogP contribution is -2.41. The first-order valence-electron chi connectivity index (χ1n) is 6.86. The number of thiazole rings is 1. The van der Waals surface area contributed by atoms with Gasteiger partial charge in [0, 0.05) is 29.9 Å². The van der Waals surface area contributed by atoms with Crippen molar-refractivity contribution in [1.29, 1.82) is 0 Å². The molecule has 2 rings (SSSR count). The lowest BCUT2D eigenvalue weighted by Gasteiger charge is -2.22. The molecule has 2 aromatic rings. The van der Waals surface area contributed by atoms with Gasteiger partial charge >= 0.3 is 0 Å². The summed E-state index contributed by atoms with van der Waals surface area (Å²) in [4.78, 5) is 32.3. The lowest BCUT2D eigenvalue weighted by atomic mass is 10.2. The molecule has 0 spiro atoms. The van der Waals surface area contributed by atoms with Crippen LogP contribution in [0.2, 0.25) is 0 Å². The summed E-state index contributed by atoms with van der Waals surface area (Å²) in [6, 6.07) is 0.247. The van der Waals surface area contributed by atoms with E-state index in [1.165, 1.54) is 21.9 Å². The fourth-order valence-corrected chi connectivity index (χ4v) is 2.93. The van der Waals surface area contributed by atoms with E-state index >= 15 is 0 Å². The highest BCUT2D eigenvalue weighted by Gasteiger charge is 2.16. The first kappa shape index (κ1) is 15.7. The molecule has 0 fully saturated rings. The molecule has 0 aliphatic carbocycles. The number of aromatic nitrogens is 2. The minimum absolute atomic E-state index is 0.0823. The second-order valence-electron chi connectivity index (χ2n) is 5.21. The Hall–Kier alpha value is -1.73. The highest BCUT2D eigenvalue weighted by Crippen LogP contribution is 2.12. The Labute approximate surface area is 127 Å². The summed E-state index contributed by atoms with van der Waals surface area (Å²) in [5.41, 5.74) is -0.237. The molecule has 0 aliphatic rings. The smallest absolute Gasteiger partial charge is 0.271 e. The molecule has 0 radical (unpaired) electrons. The summed E-state index contributed by atoms with van der Waals surface area (Å²) in [5.74, 6) is -0.369. The number of fused-ring (bicyclic) bond motifs is 1. The van der Waals surface area contributed by atoms with Crippen LogP contribution in [-0.4, -0.2) is 46.9 Å². The minimum atomic E-state index is -0.369. The van der Waals surface area contributed by atoms with Crippen LogP contribution in [0.25, 0.3) is 4.96 Å². The number of rotatable bonds is 5. The molecule has 21 heavy (non-hydrogen) atoms. The maximum atomic E-state index is 12.3. The Balaban J connectivity index is 2.20. The van der Waals surface area contributed by atoms with Gasteiger partial charge in [0.25, 0.3) is 11.5 Å². The zero-order chi connectivity index (χ0) is 15.6. The van der Waals surface area contributed by atoms with E-state index in [0.717, 1.165) is 11.3 Å². The van der Waals surface area contributed by atoms with Gasteiger partial charge in [0.1, 0.15) is 5.56 Å². The van der Waals surface area contributed by atoms with Gasteiger partial charge in [0.15, 0.2) is 4.96 Å². The van der Waals surface area contributed by atoms with Crippen LogP contribution < -0.4 is 10.9 Å². The number of likely N-dealkylation sites (N-methyl/N-ethyl adjacent to an activating group) is 1. The second-order valence-corrected chi connectivity index (χ2v) is 6.42. The molecule has 1 atom stereocenters. The zero-order valence-electron chi connectivity index (χ0n) is 12.7. The highest BCUT2D eigenvalue weighted by molar-refractivity contribution is 7.16. The van der Waals surface area contributed by atoms with Crippen LogP contribution in [0.15, 0.2) is 17.2 Å². The third-order valence-corrected chi connectivity index (χ3v) is 4.38. The van der Waals surface area contributed by atoms with Crippen LogP contribution in [-0.2, 0) is 0 Å². The van der Waals surface area contributed by atoms with Crippen molar-refractivity contribution >= 4 is 22.2 Å². The summed E-state index contributed by atoms with van der Waals surface area (Å²) < 4.78 is 1.43. The summed E-state index contributed by atoms with van der Waals surface area (Å²) in [5, 5.41) is 2.81. The van der Waals surface area contributed by atoms with Crippen molar-refractivity contribution < 1.29 is 4.79 Å². The molecule has 0 saturated carbocycles. The first-order valence-corrected chi connectivity index (χ1v) is 7.68. The van der Waals surface area contributed by atoms with Crippen LogP contribution in [0, 0.1) is 6.92 Å². The summed E-state index contributed by atoms with van der Waals surface area (Å²) >= 11 is 1.43. The van der Waals surface area contributed by atoms with E-state index in [4.69, 9.17) is 0 Å². The van der Waals surface area contributed by atoms with Crippen LogP contribution in [0.4, 0.5) is 0 Å². The lowest BCUT2D eigenvalue weighted by molar-refractivity contribution is 0.0939. The topological polar surface area (TPSA) is 66.7 Å². The number of amides is 1. The van der Waals surface area contributed by atoms with Crippen molar-refractivity contribution in [2.75, 3.05) is 20.6 Å². The minimum Gasteiger partial charge on any atom is -0.350 e. The predicted octanol–water partition coefficient (Wildman–Crippen LogP) is 1.13. The SMILES string of the molecule is CC[C@H](CNC(=O)c1cnc2sc(C)cn2c1=O)N(C)C. The number of nitrogens with zero attached hydrogens (tertiary/aromatic N) is 3. The highest BCUT2D eigenvalue weighted by atomic mass is 32.1. The molecule has 0 aliphatic heterocycles. The number of carbonyl (C=O) groups is 1. The second kappa shape index (κ2) is 6.36. The fourth-order valence-electron chi connectivity index (χ4n) is 2.15. The van der Waals surface area contributed by atoms with E-state index < -0.39 is 0 Å². The number of hydrogen-bond acceptors (Lipinski definition) is 5. The van der Waals surface area contributed by atoms with Crippen LogP contribution in [0.1, 0.15) is 28.6 Å². The first-order chi connectivity index (χ1) is 9.93. The van der Waals surface area contributed by atoms with Gasteiger partial charge in [-0.3, -0.25) is 14.0 Å². The Bertz CT molecular complexity index is 705. The van der Waals surface area contributed by atoms with Gasteiger partial charge in [-0.2, -0.15) is 0 Å². The average molecular weight is 308 g/mol. The molecular weight excluding hydrogens is 288 g/mol. The largest absolute Gasteiger partial charge is 0.350 e. The standard InChI is InChI=1S/C14H20N4O2S/c1-5-10(17(3)4)6-15-12(19)11-7-16-14-18(13(11)20)8-9(2)21-14/h7-8,10H,5-6H2,1-4H3,(H,15,19)/t10-/m1/s1. The fraction of sp³-hybridized carbons (Fsp3) is 0.500. The van der Waals surface area contributed by atoms with Gasteiger partial charge in [-0.1, -0.05) is 6.92 Å². The molecule has 0 saturated heterocycles. The van der Waals surface area contributed by atoms with Crippen molar-refractivity contribution in [3.05, 3.63) is 33.2 Å². The molecule has 7 heteroatoms. The van der Waals surface area contributed by atoms with E-state index in [0.29, 0.717) is 11.5 Å². The Morgan fingerprint density at radius 1 is 1.52 bits per heavy atom. The van der Waals surface area contributed by atoms with Crippen molar-refractivity contribution in [3.8, 4) is 0 Å². The summed E-state index contributed by atoms with van der Waals surface area (Å²) in [6.07, 6.45) is 3.99. The third-order valence-electron chi connectivity index (χ3n) is 3.47. The van der Waals surface area contributed by atoms with Gasteiger partial charge in [-0.15, -0.1) is 11.3 Å². The van der Waals surface area contributed by atoms with E-state index in [9.17, 15) is 9.59 Å². The number of nitrogens with one attached hydrogen (secondary N) is 1. The Morgan fingerprint density at radius 2 is 2.24 bits per heavy atom. The molecule has 0 unspecified atom stereocenters. The monoisotopic (exact) mass is 308 g/mol. The molecule has 6 nitrogen and oxygen atoms in total. The Kier molecular flexibility index (Phi) is 4.74. The van der Waals surface area contributed by atoms with Gasteiger partial charge < -0.3 is 10.2 Å². The van der Waals surface area contributed by atoms with Gasteiger partial charge in [0.05, 0.1) is 0 Å². The van der Waals surface area contributed by atoms with Crippen molar-refractivity contribution in [3.63, 3.8) is 0 Å². The summed E-state index contributed by atoms with van der Waals surface area (Å²) in [7, 11) is 3.94. The van der Waals surface area contributed by atoms with Gasteiger partial charge in [-0.25, -0.2) is 4.98 Å². The predicted molar refractivity (Wildman–Crippen MR) is 84.2 cm³/mol. The third kappa shape index (κ3) is 3.30. The van der Waals surface area contributed by atoms with E-state index in [1.807, 2.05) is 21.0 Å². The van der Waals surface area contributed by atoms with E-state index in [2.05, 4.69) is 22.1 Å². The summed E-state index contributed by atoms with van der Waals surface area (Å²) in [6.45, 7) is 4.47. The molecular formula is C14H20N4O2S.